The van der Waals surface area contributed by atoms with E-state index in [9.17, 15) is 0 Å². The minimum atomic E-state index is 0.107. The van der Waals surface area contributed by atoms with E-state index in [1.165, 1.54) is 11.3 Å². The number of nitrogens with zero attached hydrogens (tertiary/aromatic N) is 1. The van der Waals surface area contributed by atoms with Gasteiger partial charge < -0.3 is 16.0 Å². The zero-order valence-electron chi connectivity index (χ0n) is 17.0. The van der Waals surface area contributed by atoms with Crippen LogP contribution in [-0.4, -0.2) is 23.7 Å². The van der Waals surface area contributed by atoms with E-state index < -0.39 is 0 Å². The van der Waals surface area contributed by atoms with Gasteiger partial charge in [-0.3, -0.25) is 0 Å². The summed E-state index contributed by atoms with van der Waals surface area (Å²) in [5, 5.41) is 3.79. The van der Waals surface area contributed by atoms with Crippen LogP contribution in [0.25, 0.3) is 0 Å². The maximum Gasteiger partial charge on any atom is 0.0392 e. The number of benzene rings is 1. The van der Waals surface area contributed by atoms with Gasteiger partial charge in [-0.1, -0.05) is 20.8 Å². The third kappa shape index (κ3) is 4.44. The number of hydrogen-bond donors (Lipinski definition) is 2. The fourth-order valence-corrected chi connectivity index (χ4v) is 4.37. The summed E-state index contributed by atoms with van der Waals surface area (Å²) in [6.45, 7) is 19.3. The minimum Gasteiger partial charge on any atom is -0.399 e. The molecule has 1 heterocycles. The molecule has 0 spiro atoms. The van der Waals surface area contributed by atoms with Gasteiger partial charge >= 0.3 is 0 Å². The molecule has 0 saturated carbocycles. The Morgan fingerprint density at radius 1 is 1.08 bits per heavy atom. The lowest BCUT2D eigenvalue weighted by Gasteiger charge is -2.50. The molecular formula is C21H37N3. The van der Waals surface area contributed by atoms with Crippen molar-refractivity contribution >= 4 is 11.4 Å². The maximum atomic E-state index is 6.25. The molecule has 2 rings (SSSR count). The van der Waals surface area contributed by atoms with Crippen molar-refractivity contribution in [3.05, 3.63) is 23.8 Å². The summed E-state index contributed by atoms with van der Waals surface area (Å²) in [5.41, 5.74) is 10.1. The number of rotatable bonds is 3. The smallest absolute Gasteiger partial charge is 0.0392 e. The largest absolute Gasteiger partial charge is 0.399 e. The normalized spacial score (nSPS) is 20.8. The summed E-state index contributed by atoms with van der Waals surface area (Å²) < 4.78 is 0. The fraction of sp³-hybridized carbons (Fsp3) is 0.714. The van der Waals surface area contributed by atoms with E-state index in [0.29, 0.717) is 6.04 Å². The first-order valence-corrected chi connectivity index (χ1v) is 9.30. The Balaban J connectivity index is 2.40. The first kappa shape index (κ1) is 19.1. The predicted octanol–water partition coefficient (Wildman–Crippen LogP) is 4.70. The first-order chi connectivity index (χ1) is 10.8. The van der Waals surface area contributed by atoms with Crippen LogP contribution < -0.4 is 16.0 Å². The number of piperidine rings is 1. The molecule has 0 bridgehead atoms. The lowest BCUT2D eigenvalue weighted by atomic mass is 9.78. The highest BCUT2D eigenvalue weighted by Crippen LogP contribution is 2.36. The molecule has 3 nitrogen and oxygen atoms in total. The Labute approximate surface area is 149 Å². The summed E-state index contributed by atoms with van der Waals surface area (Å²) in [5.74, 6) is 0. The summed E-state index contributed by atoms with van der Waals surface area (Å²) >= 11 is 0. The Bertz CT molecular complexity index is 565. The zero-order chi connectivity index (χ0) is 18.3. The first-order valence-electron chi connectivity index (χ1n) is 9.30. The van der Waals surface area contributed by atoms with Crippen molar-refractivity contribution in [2.75, 3.05) is 17.2 Å². The van der Waals surface area contributed by atoms with E-state index in [1.54, 1.807) is 0 Å². The van der Waals surface area contributed by atoms with Crippen LogP contribution in [0.15, 0.2) is 18.2 Å². The highest BCUT2D eigenvalue weighted by molar-refractivity contribution is 5.60. The SMILES string of the molecule is CCN(c1cc(N)cc(C(C)(C)C)c1)C1CC(C)(C)NC(C)(C)C1. The molecule has 0 amide bonds. The van der Waals surface area contributed by atoms with Crippen molar-refractivity contribution in [1.29, 1.82) is 0 Å². The Morgan fingerprint density at radius 2 is 1.62 bits per heavy atom. The van der Waals surface area contributed by atoms with Crippen LogP contribution in [0.1, 0.15) is 73.8 Å². The van der Waals surface area contributed by atoms with Gasteiger partial charge in [-0.2, -0.15) is 0 Å². The minimum absolute atomic E-state index is 0.107. The highest BCUT2D eigenvalue weighted by Gasteiger charge is 2.39. The summed E-state index contributed by atoms with van der Waals surface area (Å²) in [6.07, 6.45) is 2.29. The molecule has 0 aromatic heterocycles. The highest BCUT2D eigenvalue weighted by atomic mass is 15.2. The van der Waals surface area contributed by atoms with Gasteiger partial charge in [0.25, 0.3) is 0 Å². The molecule has 1 saturated heterocycles. The van der Waals surface area contributed by atoms with Gasteiger partial charge in [-0.25, -0.2) is 0 Å². The second kappa shape index (κ2) is 6.25. The second-order valence-corrected chi connectivity index (χ2v) is 9.80. The van der Waals surface area contributed by atoms with E-state index in [1.807, 2.05) is 0 Å². The van der Waals surface area contributed by atoms with Crippen molar-refractivity contribution < 1.29 is 0 Å². The van der Waals surface area contributed by atoms with Gasteiger partial charge in [0, 0.05) is 35.0 Å². The van der Waals surface area contributed by atoms with Crippen LogP contribution in [0.5, 0.6) is 0 Å². The molecule has 0 radical (unpaired) electrons. The van der Waals surface area contributed by atoms with Gasteiger partial charge in [0.15, 0.2) is 0 Å². The van der Waals surface area contributed by atoms with Crippen LogP contribution in [0, 0.1) is 0 Å². The fourth-order valence-electron chi connectivity index (χ4n) is 4.37. The molecule has 0 atom stereocenters. The number of hydrogen-bond acceptors (Lipinski definition) is 3. The topological polar surface area (TPSA) is 41.3 Å². The molecule has 24 heavy (non-hydrogen) atoms. The Kier molecular flexibility index (Phi) is 4.98. The number of nitrogens with one attached hydrogen (secondary N) is 1. The maximum absolute atomic E-state index is 6.25. The lowest BCUT2D eigenvalue weighted by molar-refractivity contribution is 0.159. The Hall–Kier alpha value is -1.22. The average Bonchev–Trinajstić information content (AvgIpc) is 2.34. The van der Waals surface area contributed by atoms with Gasteiger partial charge in [0.1, 0.15) is 0 Å². The molecule has 0 unspecified atom stereocenters. The predicted molar refractivity (Wildman–Crippen MR) is 107 cm³/mol. The molecule has 3 heteroatoms. The van der Waals surface area contributed by atoms with E-state index >= 15 is 0 Å². The van der Waals surface area contributed by atoms with Crippen LogP contribution in [0.4, 0.5) is 11.4 Å². The molecular weight excluding hydrogens is 294 g/mol. The third-order valence-corrected chi connectivity index (χ3v) is 5.09. The zero-order valence-corrected chi connectivity index (χ0v) is 17.0. The molecule has 1 aromatic rings. The summed E-state index contributed by atoms with van der Waals surface area (Å²) in [4.78, 5) is 2.55. The number of nitrogen functional groups attached to an aromatic ring is 1. The number of anilines is 2. The van der Waals surface area contributed by atoms with Crippen LogP contribution in [0.2, 0.25) is 0 Å². The third-order valence-electron chi connectivity index (χ3n) is 5.09. The van der Waals surface area contributed by atoms with E-state index in [0.717, 1.165) is 25.1 Å². The molecule has 1 fully saturated rings. The van der Waals surface area contributed by atoms with Crippen molar-refractivity contribution in [2.24, 2.45) is 0 Å². The van der Waals surface area contributed by atoms with Crippen LogP contribution in [0.3, 0.4) is 0 Å². The van der Waals surface area contributed by atoms with Crippen molar-refractivity contribution in [3.8, 4) is 0 Å². The summed E-state index contributed by atoms with van der Waals surface area (Å²) in [7, 11) is 0. The molecule has 1 aliphatic heterocycles. The molecule has 1 aliphatic rings. The van der Waals surface area contributed by atoms with Crippen molar-refractivity contribution in [3.63, 3.8) is 0 Å². The Morgan fingerprint density at radius 3 is 2.08 bits per heavy atom. The monoisotopic (exact) mass is 331 g/mol. The van der Waals surface area contributed by atoms with Crippen molar-refractivity contribution in [2.45, 2.75) is 90.8 Å². The van der Waals surface area contributed by atoms with E-state index in [-0.39, 0.29) is 16.5 Å². The molecule has 1 aromatic carbocycles. The summed E-state index contributed by atoms with van der Waals surface area (Å²) in [6, 6.07) is 7.12. The second-order valence-electron chi connectivity index (χ2n) is 9.80. The van der Waals surface area contributed by atoms with E-state index in [4.69, 9.17) is 5.73 Å². The van der Waals surface area contributed by atoms with Gasteiger partial charge in [0.2, 0.25) is 0 Å². The standard InChI is InChI=1S/C21H37N3/c1-9-24(18-13-20(5,6)23-21(7,8)14-18)17-11-15(19(2,3)4)10-16(22)12-17/h10-12,18,23H,9,13-14,22H2,1-8H3. The molecule has 136 valence electrons. The number of nitrogens with two attached hydrogens (primary N) is 1. The molecule has 0 aliphatic carbocycles. The van der Waals surface area contributed by atoms with Crippen LogP contribution >= 0.6 is 0 Å². The van der Waals surface area contributed by atoms with E-state index in [2.05, 4.69) is 83.8 Å². The van der Waals surface area contributed by atoms with Gasteiger partial charge in [-0.05, 0) is 76.6 Å². The van der Waals surface area contributed by atoms with Crippen molar-refractivity contribution in [1.82, 2.24) is 5.32 Å². The average molecular weight is 332 g/mol. The molecule has 3 N–H and O–H groups in total. The quantitative estimate of drug-likeness (QED) is 0.789. The van der Waals surface area contributed by atoms with Gasteiger partial charge in [0.05, 0.1) is 0 Å². The van der Waals surface area contributed by atoms with Gasteiger partial charge in [-0.15, -0.1) is 0 Å². The lowest BCUT2D eigenvalue weighted by Crippen LogP contribution is -2.62. The van der Waals surface area contributed by atoms with Crippen LogP contribution in [-0.2, 0) is 5.41 Å².